The number of phenols is 1. The Morgan fingerprint density at radius 2 is 1.94 bits per heavy atom. The second kappa shape index (κ2) is 5.54. The average molecular weight is 244 g/mol. The van der Waals surface area contributed by atoms with Crippen molar-refractivity contribution in [1.29, 1.82) is 5.26 Å². The maximum atomic E-state index is 12.3. The molecule has 0 spiro atoms. The van der Waals surface area contributed by atoms with Crippen LogP contribution >= 0.6 is 0 Å². The third kappa shape index (κ3) is 2.62. The third-order valence-corrected chi connectivity index (χ3v) is 3.38. The van der Waals surface area contributed by atoms with E-state index in [4.69, 9.17) is 5.26 Å². The van der Waals surface area contributed by atoms with Crippen LogP contribution in [0.25, 0.3) is 0 Å². The minimum Gasteiger partial charge on any atom is -0.508 e. The summed E-state index contributed by atoms with van der Waals surface area (Å²) in [6.07, 6.45) is 4.20. The van der Waals surface area contributed by atoms with Crippen molar-refractivity contribution < 1.29 is 9.90 Å². The molecule has 0 saturated heterocycles. The SMILES string of the molecule is N#CCN(C(=O)c1ccc(O)cc1)C1CCCC1. The summed E-state index contributed by atoms with van der Waals surface area (Å²) in [4.78, 5) is 14.0. The van der Waals surface area contributed by atoms with E-state index in [0.29, 0.717) is 5.56 Å². The zero-order chi connectivity index (χ0) is 13.0. The second-order valence-corrected chi connectivity index (χ2v) is 4.58. The van der Waals surface area contributed by atoms with Crippen LogP contribution in [0, 0.1) is 11.3 Å². The number of hydrogen-bond donors (Lipinski definition) is 1. The summed E-state index contributed by atoms with van der Waals surface area (Å²) in [6, 6.07) is 8.42. The maximum absolute atomic E-state index is 12.3. The number of nitriles is 1. The fourth-order valence-corrected chi connectivity index (χ4v) is 2.43. The standard InChI is InChI=1S/C14H16N2O2/c15-9-10-16(12-3-1-2-4-12)14(18)11-5-7-13(17)8-6-11/h5-8,12,17H,1-4,10H2. The largest absolute Gasteiger partial charge is 0.508 e. The minimum absolute atomic E-state index is 0.122. The van der Waals surface area contributed by atoms with E-state index in [9.17, 15) is 9.90 Å². The van der Waals surface area contributed by atoms with Crippen LogP contribution in [0.15, 0.2) is 24.3 Å². The fourth-order valence-electron chi connectivity index (χ4n) is 2.43. The summed E-state index contributed by atoms with van der Waals surface area (Å²) in [5.41, 5.74) is 0.523. The summed E-state index contributed by atoms with van der Waals surface area (Å²) in [6.45, 7) is 0.129. The monoisotopic (exact) mass is 244 g/mol. The summed E-state index contributed by atoms with van der Waals surface area (Å²) in [7, 11) is 0. The molecule has 1 aromatic rings. The molecule has 0 aromatic heterocycles. The summed E-state index contributed by atoms with van der Waals surface area (Å²) in [5.74, 6) is 0.0164. The first-order valence-corrected chi connectivity index (χ1v) is 6.19. The molecular weight excluding hydrogens is 228 g/mol. The Balaban J connectivity index is 2.17. The Labute approximate surface area is 106 Å². The van der Waals surface area contributed by atoms with Crippen LogP contribution in [0.4, 0.5) is 0 Å². The molecule has 18 heavy (non-hydrogen) atoms. The van der Waals surface area contributed by atoms with Crippen LogP contribution in [0.2, 0.25) is 0 Å². The lowest BCUT2D eigenvalue weighted by atomic mass is 10.1. The first kappa shape index (κ1) is 12.4. The van der Waals surface area contributed by atoms with Crippen LogP contribution in [0.3, 0.4) is 0 Å². The van der Waals surface area contributed by atoms with Gasteiger partial charge in [-0.3, -0.25) is 4.79 Å². The van der Waals surface area contributed by atoms with Gasteiger partial charge in [0.05, 0.1) is 6.07 Å². The van der Waals surface area contributed by atoms with Crippen molar-refractivity contribution in [2.75, 3.05) is 6.54 Å². The van der Waals surface area contributed by atoms with Gasteiger partial charge in [-0.25, -0.2) is 0 Å². The Morgan fingerprint density at radius 3 is 2.50 bits per heavy atom. The van der Waals surface area contributed by atoms with E-state index in [0.717, 1.165) is 25.7 Å². The zero-order valence-electron chi connectivity index (χ0n) is 10.2. The Hall–Kier alpha value is -2.02. The van der Waals surface area contributed by atoms with Crippen molar-refractivity contribution in [2.24, 2.45) is 0 Å². The van der Waals surface area contributed by atoms with Crippen LogP contribution in [0.5, 0.6) is 5.75 Å². The molecule has 0 unspecified atom stereocenters. The van der Waals surface area contributed by atoms with Crippen LogP contribution in [-0.2, 0) is 0 Å². The number of hydrogen-bond acceptors (Lipinski definition) is 3. The molecule has 0 aliphatic heterocycles. The van der Waals surface area contributed by atoms with Crippen molar-refractivity contribution in [3.05, 3.63) is 29.8 Å². The molecule has 1 aliphatic rings. The van der Waals surface area contributed by atoms with Gasteiger partial charge in [-0.1, -0.05) is 12.8 Å². The van der Waals surface area contributed by atoms with Crippen molar-refractivity contribution in [3.63, 3.8) is 0 Å². The Bertz CT molecular complexity index is 456. The lowest BCUT2D eigenvalue weighted by molar-refractivity contribution is 0.0709. The highest BCUT2D eigenvalue weighted by atomic mass is 16.3. The predicted molar refractivity (Wildman–Crippen MR) is 67.0 cm³/mol. The first-order chi connectivity index (χ1) is 8.72. The molecule has 0 heterocycles. The molecule has 1 N–H and O–H groups in total. The molecule has 0 radical (unpaired) electrons. The highest BCUT2D eigenvalue weighted by molar-refractivity contribution is 5.94. The Kier molecular flexibility index (Phi) is 3.83. The molecule has 4 heteroatoms. The van der Waals surface area contributed by atoms with Gasteiger partial charge in [0.2, 0.25) is 0 Å². The van der Waals surface area contributed by atoms with Gasteiger partial charge in [0.25, 0.3) is 5.91 Å². The van der Waals surface area contributed by atoms with Crippen LogP contribution in [0.1, 0.15) is 36.0 Å². The molecule has 1 amide bonds. The van der Waals surface area contributed by atoms with Gasteiger partial charge in [-0.15, -0.1) is 0 Å². The van der Waals surface area contributed by atoms with Gasteiger partial charge >= 0.3 is 0 Å². The van der Waals surface area contributed by atoms with Gasteiger partial charge in [0, 0.05) is 11.6 Å². The normalized spacial score (nSPS) is 15.3. The molecule has 94 valence electrons. The topological polar surface area (TPSA) is 64.3 Å². The highest BCUT2D eigenvalue weighted by Gasteiger charge is 2.27. The number of rotatable bonds is 3. The molecule has 1 fully saturated rings. The van der Waals surface area contributed by atoms with Gasteiger partial charge < -0.3 is 10.0 Å². The number of phenolic OH excluding ortho intramolecular Hbond substituents is 1. The first-order valence-electron chi connectivity index (χ1n) is 6.19. The van der Waals surface area contributed by atoms with Crippen molar-refractivity contribution in [3.8, 4) is 11.8 Å². The lowest BCUT2D eigenvalue weighted by Gasteiger charge is -2.26. The van der Waals surface area contributed by atoms with Gasteiger partial charge in [0.15, 0.2) is 0 Å². The van der Waals surface area contributed by atoms with Crippen molar-refractivity contribution >= 4 is 5.91 Å². The number of benzene rings is 1. The number of aromatic hydroxyl groups is 1. The van der Waals surface area contributed by atoms with Crippen LogP contribution in [-0.4, -0.2) is 28.5 Å². The lowest BCUT2D eigenvalue weighted by Crippen LogP contribution is -2.39. The fraction of sp³-hybridized carbons (Fsp3) is 0.429. The number of carbonyl (C=O) groups excluding carboxylic acids is 1. The summed E-state index contributed by atoms with van der Waals surface area (Å²) < 4.78 is 0. The van der Waals surface area contributed by atoms with Crippen LogP contribution < -0.4 is 0 Å². The summed E-state index contributed by atoms with van der Waals surface area (Å²) in [5, 5.41) is 18.1. The molecule has 1 aromatic carbocycles. The maximum Gasteiger partial charge on any atom is 0.254 e. The molecule has 1 aliphatic carbocycles. The van der Waals surface area contributed by atoms with E-state index in [2.05, 4.69) is 6.07 Å². The smallest absolute Gasteiger partial charge is 0.254 e. The van der Waals surface area contributed by atoms with Crippen molar-refractivity contribution in [2.45, 2.75) is 31.7 Å². The summed E-state index contributed by atoms with van der Waals surface area (Å²) >= 11 is 0. The molecule has 4 nitrogen and oxygen atoms in total. The number of amides is 1. The average Bonchev–Trinajstić information content (AvgIpc) is 2.90. The molecule has 0 bridgehead atoms. The van der Waals surface area contributed by atoms with E-state index in [1.165, 1.54) is 12.1 Å². The van der Waals surface area contributed by atoms with Gasteiger partial charge in [-0.05, 0) is 37.1 Å². The minimum atomic E-state index is -0.122. The van der Waals surface area contributed by atoms with E-state index in [-0.39, 0.29) is 24.2 Å². The molecule has 1 saturated carbocycles. The third-order valence-electron chi connectivity index (χ3n) is 3.38. The van der Waals surface area contributed by atoms with E-state index in [1.807, 2.05) is 0 Å². The van der Waals surface area contributed by atoms with Gasteiger partial charge in [-0.2, -0.15) is 5.26 Å². The molecular formula is C14H16N2O2. The van der Waals surface area contributed by atoms with Crippen molar-refractivity contribution in [1.82, 2.24) is 4.90 Å². The highest BCUT2D eigenvalue weighted by Crippen LogP contribution is 2.25. The van der Waals surface area contributed by atoms with E-state index in [1.54, 1.807) is 17.0 Å². The predicted octanol–water partition coefficient (Wildman–Crippen LogP) is 2.30. The van der Waals surface area contributed by atoms with Gasteiger partial charge in [0.1, 0.15) is 12.3 Å². The van der Waals surface area contributed by atoms with E-state index < -0.39 is 0 Å². The van der Waals surface area contributed by atoms with E-state index >= 15 is 0 Å². The Morgan fingerprint density at radius 1 is 1.33 bits per heavy atom. The zero-order valence-corrected chi connectivity index (χ0v) is 10.2. The number of carbonyl (C=O) groups is 1. The molecule has 0 atom stereocenters. The second-order valence-electron chi connectivity index (χ2n) is 4.58. The number of nitrogens with zero attached hydrogens (tertiary/aromatic N) is 2. The quantitative estimate of drug-likeness (QED) is 0.830. The molecule has 2 rings (SSSR count).